The molecule has 0 fully saturated rings. The van der Waals surface area contributed by atoms with Crippen molar-refractivity contribution in [2.24, 2.45) is 5.73 Å². The summed E-state index contributed by atoms with van der Waals surface area (Å²) in [6.45, 7) is 3.74. The predicted octanol–water partition coefficient (Wildman–Crippen LogP) is 0.603. The fourth-order valence-electron chi connectivity index (χ4n) is 0.962. The summed E-state index contributed by atoms with van der Waals surface area (Å²) in [6, 6.07) is -0.454. The molecule has 2 unspecified atom stereocenters. The molecule has 4 nitrogen and oxygen atoms in total. The lowest BCUT2D eigenvalue weighted by Gasteiger charge is -2.32. The Labute approximate surface area is 72.7 Å². The molecule has 0 heterocycles. The molecule has 12 heavy (non-hydrogen) atoms. The summed E-state index contributed by atoms with van der Waals surface area (Å²) in [5.41, 5.74) is 5.14. The quantitative estimate of drug-likeness (QED) is 0.642. The molecular formula is C8H17NO3. The van der Waals surface area contributed by atoms with E-state index in [4.69, 9.17) is 15.6 Å². The Hall–Kier alpha value is -0.610. The zero-order valence-corrected chi connectivity index (χ0v) is 7.83. The van der Waals surface area contributed by atoms with Gasteiger partial charge in [0.15, 0.2) is 0 Å². The van der Waals surface area contributed by atoms with Gasteiger partial charge in [-0.15, -0.1) is 0 Å². The first-order chi connectivity index (χ1) is 5.46. The Kier molecular flexibility index (Phi) is 4.20. The van der Waals surface area contributed by atoms with E-state index < -0.39 is 17.6 Å². The first-order valence-corrected chi connectivity index (χ1v) is 3.98. The van der Waals surface area contributed by atoms with Crippen molar-refractivity contribution in [2.45, 2.75) is 38.3 Å². The van der Waals surface area contributed by atoms with Crippen LogP contribution in [0.25, 0.3) is 0 Å². The number of carboxylic acid groups (broad SMARTS) is 1. The smallest absolute Gasteiger partial charge is 0.305 e. The van der Waals surface area contributed by atoms with E-state index in [1.54, 1.807) is 7.11 Å². The van der Waals surface area contributed by atoms with E-state index in [0.29, 0.717) is 6.42 Å². The summed E-state index contributed by atoms with van der Waals surface area (Å²) in [6.07, 6.45) is 0.649. The lowest BCUT2D eigenvalue weighted by Crippen LogP contribution is -2.47. The molecule has 0 rings (SSSR count). The summed E-state index contributed by atoms with van der Waals surface area (Å²) >= 11 is 0. The summed E-state index contributed by atoms with van der Waals surface area (Å²) < 4.78 is 5.16. The zero-order valence-electron chi connectivity index (χ0n) is 7.83. The van der Waals surface area contributed by atoms with Crippen LogP contribution in [0.15, 0.2) is 0 Å². The molecule has 0 bridgehead atoms. The Morgan fingerprint density at radius 3 is 2.50 bits per heavy atom. The lowest BCUT2D eigenvalue weighted by atomic mass is 9.91. The van der Waals surface area contributed by atoms with Crippen LogP contribution in [0.5, 0.6) is 0 Å². The third kappa shape index (κ3) is 2.79. The van der Waals surface area contributed by atoms with Crippen molar-refractivity contribution >= 4 is 5.97 Å². The van der Waals surface area contributed by atoms with Gasteiger partial charge < -0.3 is 15.6 Å². The van der Waals surface area contributed by atoms with Crippen molar-refractivity contribution in [1.82, 2.24) is 0 Å². The average Bonchev–Trinajstić information content (AvgIpc) is 2.02. The lowest BCUT2D eigenvalue weighted by molar-refractivity contribution is -0.139. The highest BCUT2D eigenvalue weighted by molar-refractivity contribution is 5.67. The summed E-state index contributed by atoms with van der Waals surface area (Å²) in [5, 5.41) is 8.50. The van der Waals surface area contributed by atoms with Gasteiger partial charge in [0, 0.05) is 13.2 Å². The Morgan fingerprint density at radius 2 is 2.25 bits per heavy atom. The fourth-order valence-corrected chi connectivity index (χ4v) is 0.962. The van der Waals surface area contributed by atoms with E-state index in [2.05, 4.69) is 0 Å². The molecule has 0 saturated heterocycles. The molecule has 0 aliphatic carbocycles. The molecule has 0 spiro atoms. The van der Waals surface area contributed by atoms with Gasteiger partial charge in [0.1, 0.15) is 0 Å². The highest BCUT2D eigenvalue weighted by Gasteiger charge is 2.30. The zero-order chi connectivity index (χ0) is 9.78. The van der Waals surface area contributed by atoms with Gasteiger partial charge in [-0.05, 0) is 13.3 Å². The number of rotatable bonds is 5. The van der Waals surface area contributed by atoms with Crippen LogP contribution in [-0.4, -0.2) is 29.8 Å². The van der Waals surface area contributed by atoms with Gasteiger partial charge in [-0.25, -0.2) is 0 Å². The molecule has 4 heteroatoms. The van der Waals surface area contributed by atoms with Crippen LogP contribution in [-0.2, 0) is 9.53 Å². The molecule has 0 amide bonds. The van der Waals surface area contributed by atoms with Crippen molar-refractivity contribution in [1.29, 1.82) is 0 Å². The minimum Gasteiger partial charge on any atom is -0.481 e. The van der Waals surface area contributed by atoms with Crippen molar-refractivity contribution in [3.8, 4) is 0 Å². The number of ether oxygens (including phenoxy) is 1. The van der Waals surface area contributed by atoms with Crippen LogP contribution in [0.3, 0.4) is 0 Å². The summed E-state index contributed by atoms with van der Waals surface area (Å²) in [7, 11) is 1.55. The van der Waals surface area contributed by atoms with E-state index in [1.807, 2.05) is 13.8 Å². The van der Waals surface area contributed by atoms with Crippen molar-refractivity contribution in [3.63, 3.8) is 0 Å². The number of hydrogen-bond acceptors (Lipinski definition) is 3. The average molecular weight is 175 g/mol. The number of methoxy groups -OCH3 is 1. The first kappa shape index (κ1) is 11.4. The maximum atomic E-state index is 10.4. The Balaban J connectivity index is 4.20. The molecule has 0 radical (unpaired) electrons. The number of nitrogens with two attached hydrogens (primary N) is 1. The van der Waals surface area contributed by atoms with Crippen LogP contribution in [0, 0.1) is 0 Å². The van der Waals surface area contributed by atoms with Gasteiger partial charge in [0.05, 0.1) is 12.0 Å². The van der Waals surface area contributed by atoms with Crippen LogP contribution >= 0.6 is 0 Å². The van der Waals surface area contributed by atoms with Gasteiger partial charge in [-0.2, -0.15) is 0 Å². The van der Waals surface area contributed by atoms with Crippen molar-refractivity contribution < 1.29 is 14.6 Å². The second kappa shape index (κ2) is 4.42. The fraction of sp³-hybridized carbons (Fsp3) is 0.875. The third-order valence-corrected chi connectivity index (χ3v) is 2.35. The summed E-state index contributed by atoms with van der Waals surface area (Å²) in [4.78, 5) is 10.4. The second-order valence-corrected chi connectivity index (χ2v) is 3.07. The predicted molar refractivity (Wildman–Crippen MR) is 45.9 cm³/mol. The highest BCUT2D eigenvalue weighted by atomic mass is 16.5. The van der Waals surface area contributed by atoms with E-state index in [9.17, 15) is 4.79 Å². The van der Waals surface area contributed by atoms with Crippen LogP contribution in [0.4, 0.5) is 0 Å². The van der Waals surface area contributed by atoms with E-state index in [1.165, 1.54) is 0 Å². The largest absolute Gasteiger partial charge is 0.481 e. The summed E-state index contributed by atoms with van der Waals surface area (Å²) in [5.74, 6) is -0.890. The first-order valence-electron chi connectivity index (χ1n) is 3.98. The maximum Gasteiger partial charge on any atom is 0.305 e. The molecule has 2 atom stereocenters. The number of aliphatic carboxylic acids is 1. The molecule has 0 aromatic rings. The van der Waals surface area contributed by atoms with Crippen molar-refractivity contribution in [2.75, 3.05) is 7.11 Å². The van der Waals surface area contributed by atoms with Crippen LogP contribution in [0.1, 0.15) is 26.7 Å². The molecule has 0 aromatic carbocycles. The van der Waals surface area contributed by atoms with Crippen LogP contribution < -0.4 is 5.73 Å². The standard InChI is InChI=1S/C8H17NO3/c1-4-8(2,12-3)6(9)5-7(10)11/h6H,4-5,9H2,1-3H3,(H,10,11). The molecule has 0 aromatic heterocycles. The van der Waals surface area contributed by atoms with E-state index in [0.717, 1.165) is 0 Å². The van der Waals surface area contributed by atoms with Gasteiger partial charge >= 0.3 is 5.97 Å². The Bertz CT molecular complexity index is 154. The molecular weight excluding hydrogens is 158 g/mol. The molecule has 0 aliphatic rings. The minimum atomic E-state index is -0.890. The van der Waals surface area contributed by atoms with Gasteiger partial charge in [0.25, 0.3) is 0 Å². The van der Waals surface area contributed by atoms with E-state index >= 15 is 0 Å². The number of carbonyl (C=O) groups is 1. The van der Waals surface area contributed by atoms with Crippen LogP contribution in [0.2, 0.25) is 0 Å². The highest BCUT2D eigenvalue weighted by Crippen LogP contribution is 2.19. The SMILES string of the molecule is CCC(C)(OC)C(N)CC(=O)O. The minimum absolute atomic E-state index is 0.0574. The molecule has 72 valence electrons. The Morgan fingerprint density at radius 1 is 1.75 bits per heavy atom. The molecule has 0 aliphatic heterocycles. The normalized spacial score (nSPS) is 18.3. The monoisotopic (exact) mass is 175 g/mol. The van der Waals surface area contributed by atoms with E-state index in [-0.39, 0.29) is 6.42 Å². The topological polar surface area (TPSA) is 72.5 Å². The number of hydrogen-bond donors (Lipinski definition) is 2. The van der Waals surface area contributed by atoms with Crippen molar-refractivity contribution in [3.05, 3.63) is 0 Å². The number of carboxylic acids is 1. The molecule has 0 saturated carbocycles. The maximum absolute atomic E-state index is 10.4. The third-order valence-electron chi connectivity index (χ3n) is 2.35. The second-order valence-electron chi connectivity index (χ2n) is 3.07. The van der Waals surface area contributed by atoms with Gasteiger partial charge in [0.2, 0.25) is 0 Å². The molecule has 3 N–H and O–H groups in total. The van der Waals surface area contributed by atoms with Gasteiger partial charge in [-0.3, -0.25) is 4.79 Å². The van der Waals surface area contributed by atoms with Gasteiger partial charge in [-0.1, -0.05) is 6.92 Å².